The molecule has 15 heavy (non-hydrogen) atoms. The smallest absolute Gasteiger partial charge is 0.231 e. The number of nitrogens with two attached hydrogens (primary N) is 1. The summed E-state index contributed by atoms with van der Waals surface area (Å²) in [5.74, 6) is 0.888. The van der Waals surface area contributed by atoms with Gasteiger partial charge in [-0.15, -0.1) is 0 Å². The monoisotopic (exact) mass is 201 g/mol. The maximum Gasteiger partial charge on any atom is 0.231 e. The first kappa shape index (κ1) is 8.47. The molecular weight excluding hydrogens is 190 g/mol. The number of hydrogen-bond acceptors (Lipinski definition) is 4. The first-order chi connectivity index (χ1) is 7.36. The van der Waals surface area contributed by atoms with Crippen LogP contribution >= 0.6 is 0 Å². The molecule has 76 valence electrons. The van der Waals surface area contributed by atoms with E-state index in [1.807, 2.05) is 18.2 Å². The van der Waals surface area contributed by atoms with E-state index in [1.165, 1.54) is 12.8 Å². The number of nitrogens with zero attached hydrogens (tertiary/aromatic N) is 2. The maximum absolute atomic E-state index is 5.77. The molecule has 1 aliphatic rings. The molecule has 2 heterocycles. The van der Waals surface area contributed by atoms with Crippen LogP contribution in [0.5, 0.6) is 0 Å². The van der Waals surface area contributed by atoms with Crippen LogP contribution < -0.4 is 5.73 Å². The zero-order valence-corrected chi connectivity index (χ0v) is 8.18. The lowest BCUT2D eigenvalue weighted by molar-refractivity contribution is 0.428. The predicted octanol–water partition coefficient (Wildman–Crippen LogP) is 2.20. The number of pyridine rings is 1. The third-order valence-electron chi connectivity index (χ3n) is 2.63. The normalized spacial score (nSPS) is 15.5. The minimum absolute atomic E-state index is 0.371. The van der Waals surface area contributed by atoms with Crippen molar-refractivity contribution in [1.29, 1.82) is 0 Å². The molecule has 0 aromatic carbocycles. The van der Waals surface area contributed by atoms with E-state index in [9.17, 15) is 0 Å². The highest BCUT2D eigenvalue weighted by atomic mass is 16.5. The molecule has 1 aliphatic carbocycles. The summed E-state index contributed by atoms with van der Waals surface area (Å²) in [4.78, 5) is 4.27. The molecule has 4 nitrogen and oxygen atoms in total. The Morgan fingerprint density at radius 2 is 2.20 bits per heavy atom. The quantitative estimate of drug-likeness (QED) is 0.808. The van der Waals surface area contributed by atoms with Crippen LogP contribution in [0.1, 0.15) is 24.5 Å². The second-order valence-electron chi connectivity index (χ2n) is 3.80. The number of nitrogen functional groups attached to an aromatic ring is 1. The topological polar surface area (TPSA) is 64.9 Å². The third-order valence-corrected chi connectivity index (χ3v) is 2.63. The maximum atomic E-state index is 5.77. The molecule has 0 atom stereocenters. The van der Waals surface area contributed by atoms with Gasteiger partial charge in [-0.2, -0.15) is 0 Å². The predicted molar refractivity (Wildman–Crippen MR) is 56.1 cm³/mol. The molecule has 0 spiro atoms. The summed E-state index contributed by atoms with van der Waals surface area (Å²) in [5.41, 5.74) is 8.45. The second-order valence-corrected chi connectivity index (χ2v) is 3.80. The summed E-state index contributed by atoms with van der Waals surface area (Å²) >= 11 is 0. The molecule has 0 bridgehead atoms. The number of rotatable bonds is 2. The Morgan fingerprint density at radius 3 is 2.87 bits per heavy atom. The first-order valence-electron chi connectivity index (χ1n) is 5.02. The van der Waals surface area contributed by atoms with Crippen LogP contribution in [0.3, 0.4) is 0 Å². The van der Waals surface area contributed by atoms with Gasteiger partial charge in [0.2, 0.25) is 5.88 Å². The molecule has 0 unspecified atom stereocenters. The van der Waals surface area contributed by atoms with Crippen LogP contribution in [0.4, 0.5) is 5.88 Å². The molecular formula is C11H11N3O. The Hall–Kier alpha value is -1.84. The fourth-order valence-electron chi connectivity index (χ4n) is 1.72. The molecule has 1 saturated carbocycles. The summed E-state index contributed by atoms with van der Waals surface area (Å²) in [7, 11) is 0. The highest BCUT2D eigenvalue weighted by molar-refractivity contribution is 5.72. The van der Waals surface area contributed by atoms with Crippen LogP contribution in [-0.4, -0.2) is 10.1 Å². The van der Waals surface area contributed by atoms with E-state index in [0.717, 1.165) is 17.0 Å². The van der Waals surface area contributed by atoms with Crippen LogP contribution in [-0.2, 0) is 0 Å². The van der Waals surface area contributed by atoms with Gasteiger partial charge in [-0.3, -0.25) is 4.98 Å². The van der Waals surface area contributed by atoms with E-state index in [-0.39, 0.29) is 0 Å². The van der Waals surface area contributed by atoms with Crippen LogP contribution in [0.2, 0.25) is 0 Å². The summed E-state index contributed by atoms with van der Waals surface area (Å²) in [6, 6.07) is 5.74. The third kappa shape index (κ3) is 1.38. The van der Waals surface area contributed by atoms with Crippen LogP contribution in [0.25, 0.3) is 11.3 Å². The molecule has 0 radical (unpaired) electrons. The molecule has 1 fully saturated rings. The molecule has 2 aromatic heterocycles. The minimum atomic E-state index is 0.371. The van der Waals surface area contributed by atoms with E-state index in [4.69, 9.17) is 10.3 Å². The van der Waals surface area contributed by atoms with Crippen molar-refractivity contribution < 1.29 is 4.52 Å². The van der Waals surface area contributed by atoms with Crippen molar-refractivity contribution in [1.82, 2.24) is 10.1 Å². The zero-order valence-electron chi connectivity index (χ0n) is 8.18. The molecule has 2 aromatic rings. The summed E-state index contributed by atoms with van der Waals surface area (Å²) in [5, 5.41) is 4.01. The summed E-state index contributed by atoms with van der Waals surface area (Å²) in [6.07, 6.45) is 4.09. The van der Waals surface area contributed by atoms with Gasteiger partial charge in [0, 0.05) is 12.1 Å². The molecule has 0 saturated heterocycles. The Morgan fingerprint density at radius 1 is 1.33 bits per heavy atom. The van der Waals surface area contributed by atoms with E-state index in [1.54, 1.807) is 6.20 Å². The molecule has 3 rings (SSSR count). The lowest BCUT2D eigenvalue weighted by Crippen LogP contribution is -1.90. The van der Waals surface area contributed by atoms with E-state index < -0.39 is 0 Å². The first-order valence-corrected chi connectivity index (χ1v) is 5.02. The van der Waals surface area contributed by atoms with Crippen molar-refractivity contribution in [3.8, 4) is 11.3 Å². The van der Waals surface area contributed by atoms with Gasteiger partial charge in [0.25, 0.3) is 0 Å². The van der Waals surface area contributed by atoms with Crippen molar-refractivity contribution in [2.75, 3.05) is 5.73 Å². The van der Waals surface area contributed by atoms with Gasteiger partial charge in [-0.05, 0) is 25.0 Å². The van der Waals surface area contributed by atoms with Crippen LogP contribution in [0, 0.1) is 0 Å². The summed E-state index contributed by atoms with van der Waals surface area (Å²) < 4.78 is 5.04. The fraction of sp³-hybridized carbons (Fsp3) is 0.273. The standard InChI is InChI=1S/C11H11N3O/c12-11-9(8-3-1-2-6-13-8)10(14-15-11)7-4-5-7/h1-3,6-7H,4-5,12H2. The molecule has 4 heteroatoms. The Balaban J connectivity index is 2.13. The van der Waals surface area contributed by atoms with Gasteiger partial charge in [0.15, 0.2) is 0 Å². The average molecular weight is 201 g/mol. The van der Waals surface area contributed by atoms with Crippen molar-refractivity contribution in [3.05, 3.63) is 30.1 Å². The van der Waals surface area contributed by atoms with Crippen molar-refractivity contribution in [2.45, 2.75) is 18.8 Å². The van der Waals surface area contributed by atoms with E-state index in [2.05, 4.69) is 10.1 Å². The highest BCUT2D eigenvalue weighted by Crippen LogP contribution is 2.45. The molecule has 0 amide bonds. The fourth-order valence-corrected chi connectivity index (χ4v) is 1.72. The number of hydrogen-bond donors (Lipinski definition) is 1. The highest BCUT2D eigenvalue weighted by Gasteiger charge is 2.31. The van der Waals surface area contributed by atoms with Crippen molar-refractivity contribution in [3.63, 3.8) is 0 Å². The molecule has 0 aliphatic heterocycles. The SMILES string of the molecule is Nc1onc(C2CC2)c1-c1ccccn1. The van der Waals surface area contributed by atoms with Crippen LogP contribution in [0.15, 0.2) is 28.9 Å². The van der Waals surface area contributed by atoms with Gasteiger partial charge in [-0.1, -0.05) is 11.2 Å². The van der Waals surface area contributed by atoms with E-state index in [0.29, 0.717) is 11.8 Å². The number of aromatic nitrogens is 2. The zero-order chi connectivity index (χ0) is 10.3. The summed E-state index contributed by atoms with van der Waals surface area (Å²) in [6.45, 7) is 0. The minimum Gasteiger partial charge on any atom is -0.367 e. The number of anilines is 1. The van der Waals surface area contributed by atoms with Gasteiger partial charge in [0.1, 0.15) is 0 Å². The Labute approximate surface area is 87.1 Å². The van der Waals surface area contributed by atoms with E-state index >= 15 is 0 Å². The van der Waals surface area contributed by atoms with Gasteiger partial charge < -0.3 is 10.3 Å². The lowest BCUT2D eigenvalue weighted by atomic mass is 10.1. The Kier molecular flexibility index (Phi) is 1.74. The van der Waals surface area contributed by atoms with Gasteiger partial charge >= 0.3 is 0 Å². The van der Waals surface area contributed by atoms with Gasteiger partial charge in [-0.25, -0.2) is 0 Å². The van der Waals surface area contributed by atoms with Gasteiger partial charge in [0.05, 0.1) is 17.0 Å². The largest absolute Gasteiger partial charge is 0.367 e. The van der Waals surface area contributed by atoms with Crippen molar-refractivity contribution in [2.24, 2.45) is 0 Å². The lowest BCUT2D eigenvalue weighted by Gasteiger charge is -1.99. The van der Waals surface area contributed by atoms with Crippen molar-refractivity contribution >= 4 is 5.88 Å². The Bertz CT molecular complexity index is 474. The second kappa shape index (κ2) is 3.08. The average Bonchev–Trinajstić information content (AvgIpc) is 3.04. The molecule has 2 N–H and O–H groups in total.